The first kappa shape index (κ1) is 23.9. The lowest BCUT2D eigenvalue weighted by atomic mass is 10.1. The minimum Gasteiger partial charge on any atom is -0.364 e. The normalized spacial score (nSPS) is 25.5. The average molecular weight is 508 g/mol. The molecule has 5 rings (SSSR count). The second kappa shape index (κ2) is 8.68. The number of rotatable bonds is 6. The topological polar surface area (TPSA) is 98.3 Å². The van der Waals surface area contributed by atoms with Gasteiger partial charge in [0.2, 0.25) is 5.95 Å². The number of aromatic nitrogens is 3. The maximum Gasteiger partial charge on any atom is 0.405 e. The molecular formula is C23H24F3N5O3S. The summed E-state index contributed by atoms with van der Waals surface area (Å²) in [6, 6.07) is 7.28. The molecule has 12 heteroatoms. The molecule has 35 heavy (non-hydrogen) atoms. The van der Waals surface area contributed by atoms with E-state index in [-0.39, 0.29) is 17.9 Å². The van der Waals surface area contributed by atoms with Crippen LogP contribution in [0.25, 0.3) is 20.8 Å². The number of fused-ring (bicyclic) bond motifs is 2. The van der Waals surface area contributed by atoms with Crippen molar-refractivity contribution in [1.82, 2.24) is 15.0 Å². The summed E-state index contributed by atoms with van der Waals surface area (Å²) in [5.41, 5.74) is 1.86. The third-order valence-corrected chi connectivity index (χ3v) is 7.10. The zero-order valence-corrected chi connectivity index (χ0v) is 20.0. The minimum atomic E-state index is -4.42. The molecule has 4 atom stereocenters. The zero-order chi connectivity index (χ0) is 25.0. The number of benzene rings is 1. The third-order valence-electron chi connectivity index (χ3n) is 6.05. The lowest BCUT2D eigenvalue weighted by Gasteiger charge is -2.24. The monoisotopic (exact) mass is 507 g/mol. The van der Waals surface area contributed by atoms with Crippen molar-refractivity contribution in [3.05, 3.63) is 30.0 Å². The number of hydrogen-bond donors (Lipinski definition) is 2. The molecule has 2 aliphatic rings. The number of alkyl halides is 3. The van der Waals surface area contributed by atoms with Crippen LogP contribution in [0.5, 0.6) is 0 Å². The van der Waals surface area contributed by atoms with Crippen molar-refractivity contribution in [2.45, 2.75) is 57.4 Å². The van der Waals surface area contributed by atoms with Crippen molar-refractivity contribution >= 4 is 39.6 Å². The summed E-state index contributed by atoms with van der Waals surface area (Å²) in [6.45, 7) is 4.01. The van der Waals surface area contributed by atoms with Crippen LogP contribution in [-0.4, -0.2) is 58.0 Å². The van der Waals surface area contributed by atoms with Crippen molar-refractivity contribution in [3.63, 3.8) is 0 Å². The van der Waals surface area contributed by atoms with E-state index in [9.17, 15) is 18.0 Å². The quantitative estimate of drug-likeness (QED) is 0.469. The molecule has 0 amide bonds. The van der Waals surface area contributed by atoms with Gasteiger partial charge in [0, 0.05) is 5.92 Å². The highest BCUT2D eigenvalue weighted by Gasteiger charge is 2.54. The standard InChI is InChI=1S/C23H24F3N5O3S/c1-11-16(20-30-13-6-4-5-7-15(13)35-20)19(31-21(28-11)27-10-23(24,25)26)29-14-8-12(9-32)17-18(14)34-22(2,3)33-17/h4-7,9,12,14,17-18H,8,10H2,1-3H3,(H2,27,28,29,31)/t12?,14-,17-,18+/m1/s1. The van der Waals surface area contributed by atoms with Crippen LogP contribution < -0.4 is 10.6 Å². The van der Waals surface area contributed by atoms with Crippen LogP contribution >= 0.6 is 11.3 Å². The Morgan fingerprint density at radius 3 is 2.63 bits per heavy atom. The van der Waals surface area contributed by atoms with Gasteiger partial charge in [0.05, 0.1) is 33.6 Å². The van der Waals surface area contributed by atoms with Gasteiger partial charge >= 0.3 is 6.18 Å². The Balaban J connectivity index is 1.54. The van der Waals surface area contributed by atoms with Crippen LogP contribution in [-0.2, 0) is 14.3 Å². The minimum absolute atomic E-state index is 0.155. The number of aryl methyl sites for hydroxylation is 1. The Labute approximate surface area is 203 Å². The fourth-order valence-electron chi connectivity index (χ4n) is 4.64. The highest BCUT2D eigenvalue weighted by molar-refractivity contribution is 7.21. The largest absolute Gasteiger partial charge is 0.405 e. The van der Waals surface area contributed by atoms with E-state index in [0.29, 0.717) is 28.5 Å². The van der Waals surface area contributed by atoms with E-state index in [1.165, 1.54) is 11.3 Å². The first-order valence-corrected chi connectivity index (χ1v) is 12.0. The van der Waals surface area contributed by atoms with Gasteiger partial charge in [-0.1, -0.05) is 12.1 Å². The Hall–Kier alpha value is -2.83. The van der Waals surface area contributed by atoms with Crippen LogP contribution in [0.15, 0.2) is 24.3 Å². The van der Waals surface area contributed by atoms with Crippen molar-refractivity contribution in [2.24, 2.45) is 5.92 Å². The van der Waals surface area contributed by atoms with E-state index < -0.39 is 30.7 Å². The SMILES string of the molecule is Cc1nc(NCC(F)(F)F)nc(N[C@@H]2CC(C=O)[C@H]3OC(C)(C)O[C@H]32)c1-c1nc2ccccc2s1. The Morgan fingerprint density at radius 2 is 1.91 bits per heavy atom. The number of carbonyl (C=O) groups is 1. The van der Waals surface area contributed by atoms with E-state index >= 15 is 0 Å². The summed E-state index contributed by atoms with van der Waals surface area (Å²) in [6.07, 6.45) is -3.97. The van der Waals surface area contributed by atoms with Gasteiger partial charge in [-0.2, -0.15) is 18.2 Å². The predicted molar refractivity (Wildman–Crippen MR) is 125 cm³/mol. The van der Waals surface area contributed by atoms with Crippen molar-refractivity contribution in [3.8, 4) is 10.6 Å². The van der Waals surface area contributed by atoms with Gasteiger partial charge in [-0.15, -0.1) is 11.3 Å². The Kier molecular flexibility index (Phi) is 5.93. The molecule has 2 fully saturated rings. The number of ether oxygens (including phenoxy) is 2. The number of anilines is 2. The van der Waals surface area contributed by atoms with E-state index in [1.54, 1.807) is 20.8 Å². The number of aldehydes is 1. The molecule has 0 spiro atoms. The van der Waals surface area contributed by atoms with Crippen LogP contribution in [0.4, 0.5) is 24.9 Å². The number of carbonyl (C=O) groups excluding carboxylic acids is 1. The van der Waals surface area contributed by atoms with Crippen LogP contribution in [0, 0.1) is 12.8 Å². The molecule has 0 bridgehead atoms. The number of halogens is 3. The van der Waals surface area contributed by atoms with Crippen molar-refractivity contribution < 1.29 is 27.4 Å². The van der Waals surface area contributed by atoms with Gasteiger partial charge in [-0.3, -0.25) is 0 Å². The van der Waals surface area contributed by atoms with Crippen molar-refractivity contribution in [2.75, 3.05) is 17.2 Å². The first-order valence-electron chi connectivity index (χ1n) is 11.2. The maximum atomic E-state index is 12.8. The first-order chi connectivity index (χ1) is 16.5. The molecule has 1 saturated heterocycles. The van der Waals surface area contributed by atoms with E-state index in [1.807, 2.05) is 24.3 Å². The molecule has 2 N–H and O–H groups in total. The summed E-state index contributed by atoms with van der Waals surface area (Å²) in [5.74, 6) is -1.06. The molecule has 1 aromatic carbocycles. The maximum absolute atomic E-state index is 12.8. The van der Waals surface area contributed by atoms with Crippen LogP contribution in [0.2, 0.25) is 0 Å². The van der Waals surface area contributed by atoms with Crippen molar-refractivity contribution in [1.29, 1.82) is 0 Å². The van der Waals surface area contributed by atoms with Gasteiger partial charge in [0.1, 0.15) is 29.8 Å². The predicted octanol–water partition coefficient (Wildman–Crippen LogP) is 4.56. The highest BCUT2D eigenvalue weighted by atomic mass is 32.1. The van der Waals surface area contributed by atoms with Gasteiger partial charge in [-0.05, 0) is 39.3 Å². The fourth-order valence-corrected chi connectivity index (χ4v) is 5.71. The number of thiazole rings is 1. The van der Waals surface area contributed by atoms with Gasteiger partial charge in [-0.25, -0.2) is 9.97 Å². The average Bonchev–Trinajstić information content (AvgIpc) is 3.42. The van der Waals surface area contributed by atoms with Gasteiger partial charge < -0.3 is 24.9 Å². The molecule has 186 valence electrons. The smallest absolute Gasteiger partial charge is 0.364 e. The fraction of sp³-hybridized carbons (Fsp3) is 0.478. The van der Waals surface area contributed by atoms with E-state index in [4.69, 9.17) is 14.5 Å². The second-order valence-electron chi connectivity index (χ2n) is 9.16. The van der Waals surface area contributed by atoms with Crippen LogP contribution in [0.1, 0.15) is 26.0 Å². The summed E-state index contributed by atoms with van der Waals surface area (Å²) in [5, 5.41) is 6.23. The molecule has 1 aliphatic heterocycles. The number of para-hydroxylation sites is 1. The molecule has 3 aromatic rings. The third kappa shape index (κ3) is 4.82. The van der Waals surface area contributed by atoms with E-state index in [0.717, 1.165) is 16.5 Å². The number of nitrogens with one attached hydrogen (secondary N) is 2. The summed E-state index contributed by atoms with van der Waals surface area (Å²) in [7, 11) is 0. The lowest BCUT2D eigenvalue weighted by molar-refractivity contribution is -0.157. The summed E-state index contributed by atoms with van der Waals surface area (Å²) in [4.78, 5) is 25.1. The second-order valence-corrected chi connectivity index (χ2v) is 10.2. The van der Waals surface area contributed by atoms with E-state index in [2.05, 4.69) is 20.6 Å². The Bertz CT molecular complexity index is 1230. The molecule has 8 nitrogen and oxygen atoms in total. The molecule has 1 unspecified atom stereocenters. The molecule has 1 saturated carbocycles. The highest BCUT2D eigenvalue weighted by Crippen LogP contribution is 2.43. The molecule has 1 aliphatic carbocycles. The molecular weight excluding hydrogens is 483 g/mol. The zero-order valence-electron chi connectivity index (χ0n) is 19.2. The number of hydrogen-bond acceptors (Lipinski definition) is 9. The molecule has 2 aromatic heterocycles. The number of nitrogens with zero attached hydrogens (tertiary/aromatic N) is 3. The summed E-state index contributed by atoms with van der Waals surface area (Å²) >= 11 is 1.44. The Morgan fingerprint density at radius 1 is 1.17 bits per heavy atom. The van der Waals surface area contributed by atoms with Gasteiger partial charge in [0.15, 0.2) is 5.79 Å². The van der Waals surface area contributed by atoms with Gasteiger partial charge in [0.25, 0.3) is 0 Å². The van der Waals surface area contributed by atoms with Crippen LogP contribution in [0.3, 0.4) is 0 Å². The summed E-state index contributed by atoms with van der Waals surface area (Å²) < 4.78 is 51.5. The molecule has 3 heterocycles. The molecule has 0 radical (unpaired) electrons. The lowest BCUT2D eigenvalue weighted by Crippen LogP contribution is -2.35.